The third-order valence-electron chi connectivity index (χ3n) is 9.19. The number of nitrogens with one attached hydrogen (secondary N) is 1. The predicted octanol–water partition coefficient (Wildman–Crippen LogP) is 7.10. The molecule has 44 heavy (non-hydrogen) atoms. The van der Waals surface area contributed by atoms with E-state index in [1.54, 1.807) is 11.0 Å². The van der Waals surface area contributed by atoms with Crippen LogP contribution in [0.15, 0.2) is 42.5 Å². The van der Waals surface area contributed by atoms with E-state index in [1.807, 2.05) is 37.8 Å². The van der Waals surface area contributed by atoms with Crippen LogP contribution < -0.4 is 10.2 Å². The molecule has 2 aromatic carbocycles. The van der Waals surface area contributed by atoms with Crippen LogP contribution in [0.2, 0.25) is 10.0 Å². The number of alkyl halides is 3. The molecule has 3 fully saturated rings. The van der Waals surface area contributed by atoms with Gasteiger partial charge in [0.25, 0.3) is 0 Å². The van der Waals surface area contributed by atoms with Crippen LogP contribution in [-0.2, 0) is 21.1 Å². The molecule has 240 valence electrons. The van der Waals surface area contributed by atoms with Crippen LogP contribution in [0.3, 0.4) is 0 Å². The zero-order valence-corrected chi connectivity index (χ0v) is 26.8. The number of amides is 2. The lowest BCUT2D eigenvalue weighted by Gasteiger charge is -2.43. The van der Waals surface area contributed by atoms with Crippen LogP contribution in [0.5, 0.6) is 0 Å². The summed E-state index contributed by atoms with van der Waals surface area (Å²) in [7, 11) is 0. The molecule has 1 spiro atoms. The molecule has 7 nitrogen and oxygen atoms in total. The van der Waals surface area contributed by atoms with Gasteiger partial charge in [-0.05, 0) is 101 Å². The second-order valence-corrected chi connectivity index (χ2v) is 14.0. The minimum absolute atomic E-state index is 0.0798. The summed E-state index contributed by atoms with van der Waals surface area (Å²) in [5, 5.41) is 3.87. The molecule has 0 aliphatic carbocycles. The third-order valence-corrected chi connectivity index (χ3v) is 9.93. The van der Waals surface area contributed by atoms with Gasteiger partial charge >= 0.3 is 12.3 Å². The Morgan fingerprint density at radius 1 is 0.977 bits per heavy atom. The number of halogens is 5. The zero-order valence-electron chi connectivity index (χ0n) is 25.3. The van der Waals surface area contributed by atoms with E-state index < -0.39 is 22.9 Å². The number of carbonyl (C=O) groups excluding carboxylic acids is 2. The average molecular weight is 656 g/mol. The molecule has 0 radical (unpaired) electrons. The van der Waals surface area contributed by atoms with Crippen LogP contribution in [0, 0.1) is 0 Å². The average Bonchev–Trinajstić information content (AvgIpc) is 3.53. The summed E-state index contributed by atoms with van der Waals surface area (Å²) in [4.78, 5) is 32.0. The fourth-order valence-electron chi connectivity index (χ4n) is 6.81. The highest BCUT2D eigenvalue weighted by Crippen LogP contribution is 2.42. The number of benzene rings is 2. The van der Waals surface area contributed by atoms with Gasteiger partial charge in [0.15, 0.2) is 0 Å². The van der Waals surface area contributed by atoms with Gasteiger partial charge in [-0.15, -0.1) is 0 Å². The maximum atomic E-state index is 13.1. The summed E-state index contributed by atoms with van der Waals surface area (Å²) in [5.41, 5.74) is -0.729. The molecule has 0 aromatic heterocycles. The van der Waals surface area contributed by atoms with Crippen molar-refractivity contribution in [1.29, 1.82) is 0 Å². The number of hydrogen-bond acceptors (Lipinski definition) is 5. The molecule has 1 unspecified atom stereocenters. The number of likely N-dealkylation sites (tertiary alicyclic amines) is 2. The second kappa shape index (κ2) is 12.2. The van der Waals surface area contributed by atoms with Crippen molar-refractivity contribution in [3.8, 4) is 0 Å². The lowest BCUT2D eigenvalue weighted by atomic mass is 9.76. The summed E-state index contributed by atoms with van der Waals surface area (Å²) >= 11 is 12.6. The third kappa shape index (κ3) is 6.77. The maximum Gasteiger partial charge on any atom is 0.416 e. The van der Waals surface area contributed by atoms with Crippen molar-refractivity contribution < 1.29 is 27.5 Å². The molecular weight excluding hydrogens is 616 g/mol. The molecule has 3 heterocycles. The van der Waals surface area contributed by atoms with Crippen molar-refractivity contribution in [2.75, 3.05) is 44.3 Å². The molecule has 0 bridgehead atoms. The lowest BCUT2D eigenvalue weighted by molar-refractivity contribution is -0.137. The van der Waals surface area contributed by atoms with Gasteiger partial charge in [-0.1, -0.05) is 29.3 Å². The highest BCUT2D eigenvalue weighted by atomic mass is 35.5. The first-order valence-electron chi connectivity index (χ1n) is 15.0. The molecule has 0 saturated carbocycles. The van der Waals surface area contributed by atoms with Gasteiger partial charge in [-0.2, -0.15) is 13.2 Å². The summed E-state index contributed by atoms with van der Waals surface area (Å²) < 4.78 is 44.9. The van der Waals surface area contributed by atoms with Gasteiger partial charge in [-0.3, -0.25) is 4.79 Å². The van der Waals surface area contributed by atoms with E-state index in [9.17, 15) is 22.8 Å². The number of ether oxygens (including phenoxy) is 1. The number of rotatable bonds is 6. The van der Waals surface area contributed by atoms with E-state index in [1.165, 1.54) is 12.1 Å². The fraction of sp³-hybridized carbons (Fsp3) is 0.562. The number of hydrogen-bond donors (Lipinski definition) is 1. The molecule has 3 saturated heterocycles. The summed E-state index contributed by atoms with van der Waals surface area (Å²) in [6, 6.07) is 10.7. The van der Waals surface area contributed by atoms with E-state index in [2.05, 4.69) is 10.2 Å². The molecular formula is C32H39Cl2F3N4O3. The predicted molar refractivity (Wildman–Crippen MR) is 165 cm³/mol. The normalized spacial score (nSPS) is 22.5. The van der Waals surface area contributed by atoms with Crippen LogP contribution in [0.4, 0.5) is 23.7 Å². The van der Waals surface area contributed by atoms with Gasteiger partial charge in [-0.25, -0.2) is 4.79 Å². The van der Waals surface area contributed by atoms with Crippen molar-refractivity contribution in [2.45, 2.75) is 75.6 Å². The smallest absolute Gasteiger partial charge is 0.416 e. The highest BCUT2D eigenvalue weighted by Gasteiger charge is 2.50. The van der Waals surface area contributed by atoms with Crippen molar-refractivity contribution in [3.63, 3.8) is 0 Å². The topological polar surface area (TPSA) is 65.1 Å². The minimum atomic E-state index is -4.41. The van der Waals surface area contributed by atoms with E-state index in [0.29, 0.717) is 54.8 Å². The van der Waals surface area contributed by atoms with Crippen molar-refractivity contribution in [2.24, 2.45) is 0 Å². The SMILES string of the molecule is CC(C)(C)OC(=O)N1CCC(CCCN2CCC3(CC2)C(=O)NCN3c2ccc(C(F)(F)F)cc2)(c2ccc(Cl)c(Cl)c2)C1. The van der Waals surface area contributed by atoms with Crippen molar-refractivity contribution in [3.05, 3.63) is 63.6 Å². The lowest BCUT2D eigenvalue weighted by Crippen LogP contribution is -2.56. The molecule has 2 aromatic rings. The molecule has 5 rings (SSSR count). The zero-order chi connectivity index (χ0) is 31.9. The van der Waals surface area contributed by atoms with E-state index in [4.69, 9.17) is 27.9 Å². The van der Waals surface area contributed by atoms with Crippen molar-refractivity contribution in [1.82, 2.24) is 15.1 Å². The van der Waals surface area contributed by atoms with Gasteiger partial charge < -0.3 is 24.8 Å². The molecule has 2 amide bonds. The molecule has 12 heteroatoms. The summed E-state index contributed by atoms with van der Waals surface area (Å²) in [6.45, 7) is 9.12. The van der Waals surface area contributed by atoms with Gasteiger partial charge in [0.2, 0.25) is 5.91 Å². The maximum absolute atomic E-state index is 13.1. The quantitative estimate of drug-likeness (QED) is 0.360. The Morgan fingerprint density at radius 3 is 2.27 bits per heavy atom. The van der Waals surface area contributed by atoms with E-state index in [0.717, 1.165) is 43.5 Å². The number of carbonyl (C=O) groups is 2. The molecule has 3 aliphatic heterocycles. The van der Waals surface area contributed by atoms with Crippen LogP contribution in [0.25, 0.3) is 0 Å². The number of nitrogens with zero attached hydrogens (tertiary/aromatic N) is 3. The number of anilines is 1. The minimum Gasteiger partial charge on any atom is -0.444 e. The Balaban J connectivity index is 1.23. The Hall–Kier alpha value is -2.69. The van der Waals surface area contributed by atoms with E-state index >= 15 is 0 Å². The molecule has 1 atom stereocenters. The van der Waals surface area contributed by atoms with E-state index in [-0.39, 0.29) is 24.1 Å². The summed E-state index contributed by atoms with van der Waals surface area (Å²) in [6.07, 6.45) is -1.13. The van der Waals surface area contributed by atoms with Crippen LogP contribution >= 0.6 is 23.2 Å². The van der Waals surface area contributed by atoms with Crippen LogP contribution in [-0.4, -0.2) is 72.3 Å². The first kappa shape index (κ1) is 32.7. The second-order valence-electron chi connectivity index (χ2n) is 13.2. The Kier molecular flexibility index (Phi) is 9.10. The van der Waals surface area contributed by atoms with Gasteiger partial charge in [0.05, 0.1) is 22.3 Å². The molecule has 1 N–H and O–H groups in total. The van der Waals surface area contributed by atoms with Crippen molar-refractivity contribution >= 4 is 40.9 Å². The number of piperidine rings is 1. The molecule has 3 aliphatic rings. The largest absolute Gasteiger partial charge is 0.444 e. The Labute approximate surface area is 266 Å². The van der Waals surface area contributed by atoms with Gasteiger partial charge in [0.1, 0.15) is 11.1 Å². The summed E-state index contributed by atoms with van der Waals surface area (Å²) in [5.74, 6) is -0.0798. The monoisotopic (exact) mass is 654 g/mol. The van der Waals surface area contributed by atoms with Crippen LogP contribution in [0.1, 0.15) is 64.0 Å². The fourth-order valence-corrected chi connectivity index (χ4v) is 7.11. The Bertz CT molecular complexity index is 1370. The Morgan fingerprint density at radius 2 is 1.66 bits per heavy atom. The van der Waals surface area contributed by atoms with Gasteiger partial charge in [0, 0.05) is 37.3 Å². The first-order chi connectivity index (χ1) is 20.6. The highest BCUT2D eigenvalue weighted by molar-refractivity contribution is 6.42. The first-order valence-corrected chi connectivity index (χ1v) is 15.8. The standard InChI is InChI=1S/C32H39Cl2F3N4O3/c1-29(2,3)44-28(43)40-18-12-30(20-40,23-7-10-25(33)26(34)19-23)11-4-15-39-16-13-31(14-17-39)27(42)38-21-41(31)24-8-5-22(6-9-24)32(35,36)37/h5-10,19H,4,11-18,20-21H2,1-3H3,(H,38,42).